The van der Waals surface area contributed by atoms with Crippen LogP contribution in [0.5, 0.6) is 0 Å². The monoisotopic (exact) mass is 450 g/mol. The molecule has 2 aromatic rings. The zero-order valence-electron chi connectivity index (χ0n) is 19.2. The van der Waals surface area contributed by atoms with Gasteiger partial charge in [-0.3, -0.25) is 19.2 Å². The van der Waals surface area contributed by atoms with E-state index < -0.39 is 29.0 Å². The molecule has 0 heterocycles. The third-order valence-corrected chi connectivity index (χ3v) is 6.09. The summed E-state index contributed by atoms with van der Waals surface area (Å²) >= 11 is 0. The minimum atomic E-state index is -1.92. The van der Waals surface area contributed by atoms with Crippen molar-refractivity contribution in [3.63, 3.8) is 0 Å². The van der Waals surface area contributed by atoms with Gasteiger partial charge >= 0.3 is 5.97 Å². The molecule has 2 aromatic carbocycles. The summed E-state index contributed by atoms with van der Waals surface area (Å²) in [6.07, 6.45) is 1.35. The maximum absolute atomic E-state index is 13.8. The Morgan fingerprint density at radius 1 is 1.09 bits per heavy atom. The quantitative estimate of drug-likeness (QED) is 0.392. The lowest BCUT2D eigenvalue weighted by Crippen LogP contribution is -2.54. The minimum Gasteiger partial charge on any atom is -0.481 e. The van der Waals surface area contributed by atoms with Crippen molar-refractivity contribution in [2.24, 2.45) is 0 Å². The molecule has 0 aromatic heterocycles. The van der Waals surface area contributed by atoms with Crippen LogP contribution >= 0.6 is 0 Å². The standard InChI is InChI=1S/C26H30N2O5/c1-4-7-21(29)28-26(24(32)18-9-6-10-20(27)23(18)25(26)33)19-13-12-16(15(2)3)14-17(19)8-5-11-22(30)31/h6,9-10,12-15H,4-5,7-8,11,27H2,1-3H3,(H,28,29)(H,30,31). The summed E-state index contributed by atoms with van der Waals surface area (Å²) in [5.74, 6) is -2.21. The average molecular weight is 451 g/mol. The van der Waals surface area contributed by atoms with E-state index >= 15 is 0 Å². The second-order valence-electron chi connectivity index (χ2n) is 8.79. The van der Waals surface area contributed by atoms with Gasteiger partial charge < -0.3 is 16.2 Å². The van der Waals surface area contributed by atoms with E-state index in [2.05, 4.69) is 5.32 Å². The lowest BCUT2D eigenvalue weighted by atomic mass is 9.79. The molecule has 33 heavy (non-hydrogen) atoms. The molecule has 0 radical (unpaired) electrons. The van der Waals surface area contributed by atoms with Gasteiger partial charge in [0.15, 0.2) is 5.54 Å². The SMILES string of the molecule is CCCC(=O)NC1(c2ccc(C(C)C)cc2CCCC(=O)O)C(=O)c2cccc(N)c2C1=O. The fourth-order valence-corrected chi connectivity index (χ4v) is 4.41. The third kappa shape index (κ3) is 4.40. The van der Waals surface area contributed by atoms with Crippen molar-refractivity contribution in [3.05, 3.63) is 64.2 Å². The number of nitrogens with two attached hydrogens (primary N) is 1. The molecule has 0 saturated carbocycles. The Labute approximate surface area is 193 Å². The van der Waals surface area contributed by atoms with Crippen molar-refractivity contribution in [1.82, 2.24) is 5.32 Å². The van der Waals surface area contributed by atoms with Crippen molar-refractivity contribution in [3.8, 4) is 0 Å². The number of nitrogens with one attached hydrogen (secondary N) is 1. The Morgan fingerprint density at radius 3 is 2.42 bits per heavy atom. The number of benzene rings is 2. The van der Waals surface area contributed by atoms with Crippen molar-refractivity contribution in [1.29, 1.82) is 0 Å². The molecule has 0 saturated heterocycles. The van der Waals surface area contributed by atoms with Gasteiger partial charge in [-0.15, -0.1) is 0 Å². The van der Waals surface area contributed by atoms with Gasteiger partial charge in [0.05, 0.1) is 5.56 Å². The van der Waals surface area contributed by atoms with Crippen LogP contribution in [0.3, 0.4) is 0 Å². The van der Waals surface area contributed by atoms with Crippen LogP contribution in [-0.4, -0.2) is 28.5 Å². The lowest BCUT2D eigenvalue weighted by molar-refractivity contribution is -0.137. The summed E-state index contributed by atoms with van der Waals surface area (Å²) in [6.45, 7) is 5.89. The Morgan fingerprint density at radius 2 is 1.82 bits per heavy atom. The molecule has 1 unspecified atom stereocenters. The first-order valence-corrected chi connectivity index (χ1v) is 11.3. The van der Waals surface area contributed by atoms with Gasteiger partial charge in [0.25, 0.3) is 0 Å². The molecule has 1 atom stereocenters. The Kier molecular flexibility index (Phi) is 7.01. The summed E-state index contributed by atoms with van der Waals surface area (Å²) in [4.78, 5) is 51.5. The number of aliphatic carboxylic acids is 1. The molecule has 0 bridgehead atoms. The van der Waals surface area contributed by atoms with Gasteiger partial charge in [0.1, 0.15) is 0 Å². The predicted octanol–water partition coefficient (Wildman–Crippen LogP) is 3.99. The fourth-order valence-electron chi connectivity index (χ4n) is 4.41. The van der Waals surface area contributed by atoms with Gasteiger partial charge in [-0.1, -0.05) is 51.1 Å². The molecule has 7 heteroatoms. The van der Waals surface area contributed by atoms with Crippen LogP contribution in [-0.2, 0) is 21.5 Å². The highest BCUT2D eigenvalue weighted by Crippen LogP contribution is 2.42. The topological polar surface area (TPSA) is 127 Å². The fraction of sp³-hybridized carbons (Fsp3) is 0.385. The van der Waals surface area contributed by atoms with E-state index in [1.54, 1.807) is 24.3 Å². The number of carbonyl (C=O) groups excluding carboxylic acids is 3. The van der Waals surface area contributed by atoms with Crippen molar-refractivity contribution in [2.45, 2.75) is 64.3 Å². The van der Waals surface area contributed by atoms with Crippen LogP contribution in [0.1, 0.15) is 89.8 Å². The third-order valence-electron chi connectivity index (χ3n) is 6.09. The van der Waals surface area contributed by atoms with Crippen LogP contribution in [0.2, 0.25) is 0 Å². The molecule has 1 aliphatic rings. The van der Waals surface area contributed by atoms with E-state index in [0.29, 0.717) is 30.4 Å². The summed E-state index contributed by atoms with van der Waals surface area (Å²) in [7, 11) is 0. The Hall–Kier alpha value is -3.48. The van der Waals surface area contributed by atoms with Gasteiger partial charge in [-0.05, 0) is 47.9 Å². The average Bonchev–Trinajstić information content (AvgIpc) is 2.97. The van der Waals surface area contributed by atoms with E-state index in [4.69, 9.17) is 10.8 Å². The number of fused-ring (bicyclic) bond motifs is 1. The molecule has 3 rings (SSSR count). The van der Waals surface area contributed by atoms with Gasteiger partial charge in [0, 0.05) is 24.1 Å². The number of amides is 1. The van der Waals surface area contributed by atoms with Gasteiger partial charge in [0.2, 0.25) is 17.5 Å². The normalized spacial score (nSPS) is 17.3. The van der Waals surface area contributed by atoms with Crippen molar-refractivity contribution >= 4 is 29.1 Å². The van der Waals surface area contributed by atoms with Gasteiger partial charge in [-0.25, -0.2) is 0 Å². The smallest absolute Gasteiger partial charge is 0.303 e. The van der Waals surface area contributed by atoms with Crippen LogP contribution < -0.4 is 11.1 Å². The minimum absolute atomic E-state index is 0.0460. The molecular weight excluding hydrogens is 420 g/mol. The molecule has 0 spiro atoms. The lowest BCUT2D eigenvalue weighted by Gasteiger charge is -2.30. The Bertz CT molecular complexity index is 1120. The number of aryl methyl sites for hydroxylation is 1. The number of Topliss-reactive ketones (excluding diaryl/α,β-unsaturated/α-hetero) is 2. The number of carboxylic acids is 1. The zero-order chi connectivity index (χ0) is 24.3. The summed E-state index contributed by atoms with van der Waals surface area (Å²) in [5.41, 5.74) is 6.69. The van der Waals surface area contributed by atoms with Gasteiger partial charge in [-0.2, -0.15) is 0 Å². The number of ketones is 2. The predicted molar refractivity (Wildman–Crippen MR) is 125 cm³/mol. The molecule has 4 N–H and O–H groups in total. The summed E-state index contributed by atoms with van der Waals surface area (Å²) in [5, 5.41) is 11.9. The van der Waals surface area contributed by atoms with E-state index in [1.807, 2.05) is 32.9 Å². The number of rotatable bonds is 9. The van der Waals surface area contributed by atoms with E-state index in [-0.39, 0.29) is 35.6 Å². The first kappa shape index (κ1) is 24.2. The van der Waals surface area contributed by atoms with Crippen LogP contribution in [0.25, 0.3) is 0 Å². The van der Waals surface area contributed by atoms with E-state index in [1.165, 1.54) is 0 Å². The highest BCUT2D eigenvalue weighted by atomic mass is 16.4. The highest BCUT2D eigenvalue weighted by Gasteiger charge is 2.56. The van der Waals surface area contributed by atoms with Crippen LogP contribution in [0.15, 0.2) is 36.4 Å². The zero-order valence-corrected chi connectivity index (χ0v) is 19.2. The summed E-state index contributed by atoms with van der Waals surface area (Å²) < 4.78 is 0. The number of carboxylic acid groups (broad SMARTS) is 1. The van der Waals surface area contributed by atoms with E-state index in [9.17, 15) is 19.2 Å². The maximum Gasteiger partial charge on any atom is 0.303 e. The number of hydrogen-bond acceptors (Lipinski definition) is 5. The van der Waals surface area contributed by atoms with Crippen LogP contribution in [0, 0.1) is 0 Å². The largest absolute Gasteiger partial charge is 0.481 e. The maximum atomic E-state index is 13.8. The molecule has 0 fully saturated rings. The number of hydrogen-bond donors (Lipinski definition) is 3. The van der Waals surface area contributed by atoms with Crippen LogP contribution in [0.4, 0.5) is 5.69 Å². The van der Waals surface area contributed by atoms with Crippen molar-refractivity contribution < 1.29 is 24.3 Å². The number of nitrogen functional groups attached to an aromatic ring is 1. The molecule has 7 nitrogen and oxygen atoms in total. The second kappa shape index (κ2) is 9.57. The summed E-state index contributed by atoms with van der Waals surface area (Å²) in [6, 6.07) is 10.2. The number of anilines is 1. The highest BCUT2D eigenvalue weighted by molar-refractivity contribution is 6.35. The number of carbonyl (C=O) groups is 4. The molecule has 1 aliphatic carbocycles. The second-order valence-corrected chi connectivity index (χ2v) is 8.79. The van der Waals surface area contributed by atoms with Crippen molar-refractivity contribution in [2.75, 3.05) is 5.73 Å². The molecule has 174 valence electrons. The molecule has 0 aliphatic heterocycles. The van der Waals surface area contributed by atoms with E-state index in [0.717, 1.165) is 5.56 Å². The Balaban J connectivity index is 2.23. The first-order chi connectivity index (χ1) is 15.6. The molecule has 1 amide bonds. The molecular formula is C26H30N2O5. The first-order valence-electron chi connectivity index (χ1n) is 11.3.